The molecule has 2 aromatic rings. The minimum atomic E-state index is -0.101. The van der Waals surface area contributed by atoms with E-state index in [1.807, 2.05) is 18.2 Å². The zero-order chi connectivity index (χ0) is 15.5. The molecule has 0 atom stereocenters. The number of carbonyl (C=O) groups is 1. The average Bonchev–Trinajstić information content (AvgIpc) is 2.91. The van der Waals surface area contributed by atoms with E-state index in [1.165, 1.54) is 0 Å². The predicted molar refractivity (Wildman–Crippen MR) is 86.0 cm³/mol. The van der Waals surface area contributed by atoms with Crippen molar-refractivity contribution in [3.8, 4) is 11.5 Å². The number of aryl methyl sites for hydroxylation is 1. The summed E-state index contributed by atoms with van der Waals surface area (Å²) in [7, 11) is 0. The minimum Gasteiger partial charge on any atom is -0.454 e. The number of fused-ring (bicyclic) bond motifs is 1. The lowest BCUT2D eigenvalue weighted by Crippen LogP contribution is -2.12. The van der Waals surface area contributed by atoms with Crippen molar-refractivity contribution in [1.29, 1.82) is 0 Å². The lowest BCUT2D eigenvalue weighted by atomic mass is 10.1. The topological polar surface area (TPSA) is 47.6 Å². The molecule has 3 rings (SSSR count). The van der Waals surface area contributed by atoms with Crippen molar-refractivity contribution < 1.29 is 14.3 Å². The quantitative estimate of drug-likeness (QED) is 0.904. The van der Waals surface area contributed by atoms with Gasteiger partial charge in [-0.05, 0) is 42.3 Å². The molecular formula is C16H13Cl2NO3. The molecule has 1 amide bonds. The van der Waals surface area contributed by atoms with Gasteiger partial charge in [-0.3, -0.25) is 4.79 Å². The molecule has 1 heterocycles. The van der Waals surface area contributed by atoms with Crippen LogP contribution in [0.15, 0.2) is 36.4 Å². The standard InChI is InChI=1S/C16H13Cl2NO3/c17-11-6-12(18)8-13(7-11)19-16(20)4-2-10-1-3-14-15(5-10)22-9-21-14/h1,3,5-8H,2,4,9H2,(H,19,20). The van der Waals surface area contributed by atoms with Crippen LogP contribution >= 0.6 is 23.2 Å². The molecule has 1 aliphatic rings. The van der Waals surface area contributed by atoms with Crippen LogP contribution in [0, 0.1) is 0 Å². The van der Waals surface area contributed by atoms with Crippen LogP contribution in [-0.4, -0.2) is 12.7 Å². The summed E-state index contributed by atoms with van der Waals surface area (Å²) in [4.78, 5) is 12.0. The number of hydrogen-bond donors (Lipinski definition) is 1. The number of hydrogen-bond acceptors (Lipinski definition) is 3. The maximum atomic E-state index is 12.0. The van der Waals surface area contributed by atoms with Crippen molar-refractivity contribution in [2.24, 2.45) is 0 Å². The molecule has 1 N–H and O–H groups in total. The zero-order valence-corrected chi connectivity index (χ0v) is 13.1. The first kappa shape index (κ1) is 15.0. The highest BCUT2D eigenvalue weighted by molar-refractivity contribution is 6.35. The van der Waals surface area contributed by atoms with Crippen LogP contribution in [0.3, 0.4) is 0 Å². The summed E-state index contributed by atoms with van der Waals surface area (Å²) in [5, 5.41) is 3.75. The highest BCUT2D eigenvalue weighted by atomic mass is 35.5. The molecule has 0 spiro atoms. The van der Waals surface area contributed by atoms with Crippen LogP contribution in [0.4, 0.5) is 5.69 Å². The van der Waals surface area contributed by atoms with Gasteiger partial charge in [0.05, 0.1) is 0 Å². The summed E-state index contributed by atoms with van der Waals surface area (Å²) in [6.45, 7) is 0.245. The highest BCUT2D eigenvalue weighted by Crippen LogP contribution is 2.32. The molecule has 22 heavy (non-hydrogen) atoms. The molecule has 6 heteroatoms. The van der Waals surface area contributed by atoms with Crippen LogP contribution in [0.25, 0.3) is 0 Å². The average molecular weight is 338 g/mol. The largest absolute Gasteiger partial charge is 0.454 e. The molecule has 0 fully saturated rings. The summed E-state index contributed by atoms with van der Waals surface area (Å²) in [6.07, 6.45) is 0.959. The van der Waals surface area contributed by atoms with E-state index in [9.17, 15) is 4.79 Å². The van der Waals surface area contributed by atoms with E-state index in [0.717, 1.165) is 17.1 Å². The van der Waals surface area contributed by atoms with Gasteiger partial charge in [-0.25, -0.2) is 0 Å². The Bertz CT molecular complexity index is 698. The number of halogens is 2. The van der Waals surface area contributed by atoms with E-state index in [1.54, 1.807) is 18.2 Å². The summed E-state index contributed by atoms with van der Waals surface area (Å²) >= 11 is 11.8. The number of ether oxygens (including phenoxy) is 2. The van der Waals surface area contributed by atoms with E-state index in [4.69, 9.17) is 32.7 Å². The minimum absolute atomic E-state index is 0.101. The van der Waals surface area contributed by atoms with Gasteiger partial charge in [0.25, 0.3) is 0 Å². The Balaban J connectivity index is 1.58. The van der Waals surface area contributed by atoms with Gasteiger partial charge in [0.15, 0.2) is 11.5 Å². The summed E-state index contributed by atoms with van der Waals surface area (Å²) < 4.78 is 10.6. The monoisotopic (exact) mass is 337 g/mol. The normalized spacial score (nSPS) is 12.3. The van der Waals surface area contributed by atoms with Gasteiger partial charge in [0.1, 0.15) is 0 Å². The molecular weight excluding hydrogens is 325 g/mol. The van der Waals surface area contributed by atoms with Crippen LogP contribution in [0.5, 0.6) is 11.5 Å². The Morgan fingerprint density at radius 1 is 1.05 bits per heavy atom. The summed E-state index contributed by atoms with van der Waals surface area (Å²) in [5.74, 6) is 1.36. The van der Waals surface area contributed by atoms with Crippen molar-refractivity contribution in [3.05, 3.63) is 52.0 Å². The Morgan fingerprint density at radius 2 is 1.77 bits per heavy atom. The molecule has 0 bridgehead atoms. The van der Waals surface area contributed by atoms with Crippen molar-refractivity contribution in [2.45, 2.75) is 12.8 Å². The molecule has 114 valence electrons. The smallest absolute Gasteiger partial charge is 0.231 e. The van der Waals surface area contributed by atoms with Gasteiger partial charge in [0.2, 0.25) is 12.7 Å². The number of carbonyl (C=O) groups excluding carboxylic acids is 1. The maximum Gasteiger partial charge on any atom is 0.231 e. The molecule has 1 aliphatic heterocycles. The first-order chi connectivity index (χ1) is 10.6. The lowest BCUT2D eigenvalue weighted by Gasteiger charge is -2.07. The third kappa shape index (κ3) is 3.64. The molecule has 0 radical (unpaired) electrons. The number of rotatable bonds is 4. The lowest BCUT2D eigenvalue weighted by molar-refractivity contribution is -0.116. The number of amides is 1. The van der Waals surface area contributed by atoms with Gasteiger partial charge in [-0.2, -0.15) is 0 Å². The fraction of sp³-hybridized carbons (Fsp3) is 0.188. The third-order valence-corrected chi connectivity index (χ3v) is 3.66. The van der Waals surface area contributed by atoms with Crippen LogP contribution in [0.2, 0.25) is 10.0 Å². The second-order valence-corrected chi connectivity index (χ2v) is 5.77. The Labute approximate surface area is 137 Å². The van der Waals surface area contributed by atoms with E-state index < -0.39 is 0 Å². The summed E-state index contributed by atoms with van der Waals surface area (Å²) in [6, 6.07) is 10.6. The maximum absolute atomic E-state index is 12.0. The van der Waals surface area contributed by atoms with Gasteiger partial charge in [-0.1, -0.05) is 29.3 Å². The zero-order valence-electron chi connectivity index (χ0n) is 11.6. The van der Waals surface area contributed by atoms with E-state index in [0.29, 0.717) is 28.6 Å². The van der Waals surface area contributed by atoms with Gasteiger partial charge in [0, 0.05) is 22.2 Å². The molecule has 0 saturated heterocycles. The van der Waals surface area contributed by atoms with Gasteiger partial charge in [-0.15, -0.1) is 0 Å². The molecule has 0 aliphatic carbocycles. The molecule has 0 unspecified atom stereocenters. The van der Waals surface area contributed by atoms with Crippen LogP contribution in [-0.2, 0) is 11.2 Å². The van der Waals surface area contributed by atoms with Crippen molar-refractivity contribution >= 4 is 34.8 Å². The van der Waals surface area contributed by atoms with Gasteiger partial charge < -0.3 is 14.8 Å². The second kappa shape index (κ2) is 6.46. The van der Waals surface area contributed by atoms with E-state index >= 15 is 0 Å². The van der Waals surface area contributed by atoms with E-state index in [-0.39, 0.29) is 12.7 Å². The van der Waals surface area contributed by atoms with E-state index in [2.05, 4.69) is 5.32 Å². The third-order valence-electron chi connectivity index (χ3n) is 3.22. The van der Waals surface area contributed by atoms with Crippen molar-refractivity contribution in [3.63, 3.8) is 0 Å². The summed E-state index contributed by atoms with van der Waals surface area (Å²) in [5.41, 5.74) is 1.61. The van der Waals surface area contributed by atoms with Crippen molar-refractivity contribution in [1.82, 2.24) is 0 Å². The fourth-order valence-corrected chi connectivity index (χ4v) is 2.73. The SMILES string of the molecule is O=C(CCc1ccc2c(c1)OCO2)Nc1cc(Cl)cc(Cl)c1. The number of nitrogens with one attached hydrogen (secondary N) is 1. The molecule has 2 aromatic carbocycles. The van der Waals surface area contributed by atoms with Crippen molar-refractivity contribution in [2.75, 3.05) is 12.1 Å². The van der Waals surface area contributed by atoms with Crippen LogP contribution < -0.4 is 14.8 Å². The molecule has 0 saturated carbocycles. The Hall–Kier alpha value is -1.91. The molecule has 0 aromatic heterocycles. The van der Waals surface area contributed by atoms with Crippen LogP contribution in [0.1, 0.15) is 12.0 Å². The van der Waals surface area contributed by atoms with Gasteiger partial charge >= 0.3 is 0 Å². The number of benzene rings is 2. The highest BCUT2D eigenvalue weighted by Gasteiger charge is 2.13. The Kier molecular flexibility index (Phi) is 4.41. The second-order valence-electron chi connectivity index (χ2n) is 4.89. The first-order valence-corrected chi connectivity index (χ1v) is 7.50. The molecule has 4 nitrogen and oxygen atoms in total. The number of anilines is 1. The predicted octanol–water partition coefficient (Wildman–Crippen LogP) is 4.29. The Morgan fingerprint density at radius 3 is 2.55 bits per heavy atom. The fourth-order valence-electron chi connectivity index (χ4n) is 2.20. The first-order valence-electron chi connectivity index (χ1n) is 6.74.